The molecule has 3 aromatic heterocycles. The van der Waals surface area contributed by atoms with Gasteiger partial charge < -0.3 is 15.1 Å². The number of furan rings is 1. The number of fused-ring (bicyclic) bond motifs is 16. The van der Waals surface area contributed by atoms with Crippen molar-refractivity contribution in [1.82, 2.24) is 37.2 Å². The zero-order valence-corrected chi connectivity index (χ0v) is 77.4. The summed E-state index contributed by atoms with van der Waals surface area (Å²) in [5, 5.41) is 44.1. The molecule has 0 aliphatic carbocycles. The fourth-order valence-corrected chi connectivity index (χ4v) is 22.9. The van der Waals surface area contributed by atoms with Gasteiger partial charge in [-0.1, -0.05) is 406 Å². The minimum atomic E-state index is -0.220. The first-order chi connectivity index (χ1) is 68.8. The van der Waals surface area contributed by atoms with E-state index < -0.39 is 0 Å². The van der Waals surface area contributed by atoms with Crippen molar-refractivity contribution in [2.24, 2.45) is 9.98 Å². The molecule has 0 bridgehead atoms. The number of benzene rings is 21. The first-order valence-corrected chi connectivity index (χ1v) is 49.2. The van der Waals surface area contributed by atoms with Crippen molar-refractivity contribution < 1.29 is 4.42 Å². The van der Waals surface area contributed by atoms with Gasteiger partial charge in [0.05, 0.1) is 18.5 Å². The number of nitrogens with one attached hydrogen (secondary N) is 7. The molecular formula is C127H93N9OS2. The predicted octanol–water partition coefficient (Wildman–Crippen LogP) is 31.5. The Morgan fingerprint density at radius 3 is 1.22 bits per heavy atom. The number of amidine groups is 2. The zero-order valence-electron chi connectivity index (χ0n) is 75.8. The third kappa shape index (κ3) is 16.7. The second-order valence-corrected chi connectivity index (χ2v) is 38.2. The first-order valence-electron chi connectivity index (χ1n) is 47.6. The molecule has 1 saturated heterocycles. The standard InChI is InChI=1S/2C43H31N3S.C41H31N3O/c1-3-12-28(13-4-1)41-44-42(29-14-5-2-6-15-29)46-43(45-41)33-19-10-17-31(27-33)30-16-9-18-32(26-30)34-21-11-22-36-35(34)24-25-39-40(36)37-20-7-8-23-38(37)47-39;1-3-10-28(11-4-1)29-18-20-31(21-19-29)42-44-41(30-12-5-2-6-13-30)45-43(46-42)35-15-9-14-32(27-35)33-22-24-36-34(26-33)23-25-39-40(36)37-16-7-8-17-38(37)47-39;1-2-11-28(12-3-1)39-42-40(44-41(43-39)32-21-20-26-10-4-5-13-29(26)24-32)31-16-8-15-30(25-31)33-18-9-14-27-22-23-36-38(37(27)33)34-17-6-7-19-35(34)45-36/h1-27,41,43,45H,(H,44,46);1-27,42-43,46H,(H,44,45);1-25,39-44H. The van der Waals surface area contributed by atoms with Crippen LogP contribution in [0.1, 0.15) is 93.2 Å². The molecule has 0 spiro atoms. The summed E-state index contributed by atoms with van der Waals surface area (Å²) >= 11 is 3.74. The zero-order chi connectivity index (χ0) is 92.1. The molecule has 24 aromatic rings. The fourth-order valence-electron chi connectivity index (χ4n) is 20.6. The predicted molar refractivity (Wildman–Crippen MR) is 582 cm³/mol. The minimum Gasteiger partial charge on any atom is -0.456 e. The lowest BCUT2D eigenvalue weighted by Gasteiger charge is -2.39. The fraction of sp³-hybridized carbons (Fsp3) is 0.0551. The second kappa shape index (κ2) is 37.0. The largest absolute Gasteiger partial charge is 0.456 e. The number of nitrogens with zero attached hydrogens (tertiary/aromatic N) is 2. The van der Waals surface area contributed by atoms with Crippen LogP contribution in [0.2, 0.25) is 0 Å². The van der Waals surface area contributed by atoms with E-state index in [4.69, 9.17) is 14.4 Å². The topological polar surface area (TPSA) is 122 Å². The highest BCUT2D eigenvalue weighted by atomic mass is 32.1. The summed E-state index contributed by atoms with van der Waals surface area (Å²) in [5.41, 5.74) is 24.2. The summed E-state index contributed by atoms with van der Waals surface area (Å²) in [5.74, 6) is 1.77. The molecule has 6 heterocycles. The van der Waals surface area contributed by atoms with Crippen LogP contribution in [0.5, 0.6) is 0 Å². The van der Waals surface area contributed by atoms with Crippen LogP contribution in [0.25, 0.3) is 161 Å². The van der Waals surface area contributed by atoms with E-state index in [-0.39, 0.29) is 43.2 Å². The first kappa shape index (κ1) is 84.4. The van der Waals surface area contributed by atoms with Gasteiger partial charge in [-0.15, -0.1) is 22.7 Å². The lowest BCUT2D eigenvalue weighted by molar-refractivity contribution is 0.203. The average molecular weight is 1830 g/mol. The summed E-state index contributed by atoms with van der Waals surface area (Å²) in [4.78, 5) is 10.4. The number of aliphatic imine (C=N–C) groups is 2. The third-order valence-electron chi connectivity index (χ3n) is 27.5. The molecule has 664 valence electrons. The quantitative estimate of drug-likeness (QED) is 0.0575. The van der Waals surface area contributed by atoms with Gasteiger partial charge in [-0.25, -0.2) is 9.98 Å². The molecule has 139 heavy (non-hydrogen) atoms. The lowest BCUT2D eigenvalue weighted by Crippen LogP contribution is -2.54. The van der Waals surface area contributed by atoms with Crippen molar-refractivity contribution >= 4 is 140 Å². The average Bonchev–Trinajstić information content (AvgIpc) is 1.61. The molecule has 1 fully saturated rings. The van der Waals surface area contributed by atoms with Crippen LogP contribution in [-0.2, 0) is 0 Å². The van der Waals surface area contributed by atoms with E-state index in [0.717, 1.165) is 56.0 Å². The normalized spacial score (nSPS) is 17.1. The van der Waals surface area contributed by atoms with Crippen LogP contribution >= 0.6 is 22.7 Å². The molecule has 3 aliphatic rings. The SMILES string of the molecule is c1ccc(C2=NC(c3cccc(-c4ccc5c(ccc6sc7ccccc7c65)c4)c3)NC(c3ccc(-c4ccccc4)cc3)N2)cc1.c1ccc(C2=NC(c3cccc(-c4cccc(-c5cccc6c5ccc5sc7ccccc7c56)c4)c3)NC(c3ccccc3)N2)cc1.c1ccc(C2NC(c3cccc(-c4cccc5ccc6oc7ccccc7c6c45)c3)NC(c3ccc4ccccc4c3)N2)cc1. The number of thiophene rings is 2. The van der Waals surface area contributed by atoms with Crippen LogP contribution < -0.4 is 37.2 Å². The van der Waals surface area contributed by atoms with Crippen LogP contribution in [0.3, 0.4) is 0 Å². The summed E-state index contributed by atoms with van der Waals surface area (Å²) in [7, 11) is 0. The van der Waals surface area contributed by atoms with Gasteiger partial charge in [-0.05, 0) is 205 Å². The van der Waals surface area contributed by atoms with Crippen LogP contribution in [0, 0.1) is 0 Å². The van der Waals surface area contributed by atoms with Crippen molar-refractivity contribution in [2.75, 3.05) is 0 Å². The van der Waals surface area contributed by atoms with Gasteiger partial charge in [0, 0.05) is 67.6 Å². The van der Waals surface area contributed by atoms with Crippen molar-refractivity contribution in [3.05, 3.63) is 529 Å². The van der Waals surface area contributed by atoms with Crippen LogP contribution in [-0.4, -0.2) is 11.7 Å². The lowest BCUT2D eigenvalue weighted by atomic mass is 9.93. The second-order valence-electron chi connectivity index (χ2n) is 36.0. The highest BCUT2D eigenvalue weighted by molar-refractivity contribution is 7.26. The summed E-state index contributed by atoms with van der Waals surface area (Å²) < 4.78 is 11.6. The van der Waals surface area contributed by atoms with E-state index in [2.05, 4.69) is 492 Å². The van der Waals surface area contributed by atoms with Gasteiger partial charge in [0.2, 0.25) is 0 Å². The Hall–Kier alpha value is -16.4. The van der Waals surface area contributed by atoms with Gasteiger partial charge in [0.25, 0.3) is 0 Å². The monoisotopic (exact) mass is 1820 g/mol. The van der Waals surface area contributed by atoms with Crippen molar-refractivity contribution in [3.8, 4) is 55.6 Å². The highest BCUT2D eigenvalue weighted by Gasteiger charge is 2.33. The molecule has 10 nitrogen and oxygen atoms in total. The Morgan fingerprint density at radius 1 is 0.187 bits per heavy atom. The Bertz CT molecular complexity index is 8810. The van der Waals surface area contributed by atoms with E-state index >= 15 is 0 Å². The molecule has 0 radical (unpaired) electrons. The molecule has 0 saturated carbocycles. The molecule has 7 unspecified atom stereocenters. The molecule has 21 aromatic carbocycles. The summed E-state index contributed by atoms with van der Waals surface area (Å²) in [6.45, 7) is 0. The molecule has 3 aliphatic heterocycles. The van der Waals surface area contributed by atoms with Crippen LogP contribution in [0.4, 0.5) is 0 Å². The van der Waals surface area contributed by atoms with Gasteiger partial charge in [0.1, 0.15) is 47.5 Å². The molecule has 27 rings (SSSR count). The Labute approximate surface area is 813 Å². The van der Waals surface area contributed by atoms with E-state index in [1.54, 1.807) is 0 Å². The maximum Gasteiger partial charge on any atom is 0.136 e. The van der Waals surface area contributed by atoms with Gasteiger partial charge in [0.15, 0.2) is 0 Å². The van der Waals surface area contributed by atoms with E-state index in [1.807, 2.05) is 46.9 Å². The Kier molecular flexibility index (Phi) is 22.5. The Balaban J connectivity index is 0.000000110. The van der Waals surface area contributed by atoms with Crippen molar-refractivity contribution in [3.63, 3.8) is 0 Å². The van der Waals surface area contributed by atoms with E-state index in [1.165, 1.54) is 167 Å². The summed E-state index contributed by atoms with van der Waals surface area (Å²) in [6, 6.07) is 171. The van der Waals surface area contributed by atoms with Crippen molar-refractivity contribution in [1.29, 1.82) is 0 Å². The van der Waals surface area contributed by atoms with Gasteiger partial charge in [-0.2, -0.15) is 0 Å². The van der Waals surface area contributed by atoms with Crippen molar-refractivity contribution in [2.45, 2.75) is 43.2 Å². The number of para-hydroxylation sites is 1. The highest BCUT2D eigenvalue weighted by Crippen LogP contribution is 2.46. The Morgan fingerprint density at radius 2 is 0.583 bits per heavy atom. The maximum atomic E-state index is 6.28. The number of hydrogen-bond donors (Lipinski definition) is 7. The van der Waals surface area contributed by atoms with E-state index in [0.29, 0.717) is 0 Å². The van der Waals surface area contributed by atoms with Crippen LogP contribution in [0.15, 0.2) is 494 Å². The molecule has 12 heteroatoms. The smallest absolute Gasteiger partial charge is 0.136 e. The number of rotatable bonds is 14. The number of hydrogen-bond acceptors (Lipinski definition) is 12. The minimum absolute atomic E-state index is 0.0351. The molecular weight excluding hydrogens is 1730 g/mol. The summed E-state index contributed by atoms with van der Waals surface area (Å²) in [6.07, 6.45) is -0.777. The molecule has 7 atom stereocenters. The van der Waals surface area contributed by atoms with Gasteiger partial charge >= 0.3 is 0 Å². The maximum absolute atomic E-state index is 6.28. The third-order valence-corrected chi connectivity index (χ3v) is 29.7. The van der Waals surface area contributed by atoms with Gasteiger partial charge in [-0.3, -0.25) is 26.6 Å². The molecule has 7 N–H and O–H groups in total. The molecule has 0 amide bonds. The van der Waals surface area contributed by atoms with E-state index in [9.17, 15) is 0 Å².